The van der Waals surface area contributed by atoms with E-state index in [-0.39, 0.29) is 11.4 Å². The van der Waals surface area contributed by atoms with Gasteiger partial charge in [0.25, 0.3) is 0 Å². The molecule has 1 saturated heterocycles. The van der Waals surface area contributed by atoms with Crippen molar-refractivity contribution in [1.82, 2.24) is 5.32 Å². The Labute approximate surface area is 121 Å². The molecule has 2 fully saturated rings. The zero-order valence-electron chi connectivity index (χ0n) is 11.8. The van der Waals surface area contributed by atoms with Crippen LogP contribution >= 0.6 is 11.6 Å². The van der Waals surface area contributed by atoms with Gasteiger partial charge in [0.1, 0.15) is 0 Å². The molecule has 0 unspecified atom stereocenters. The zero-order chi connectivity index (χ0) is 13.6. The molecule has 0 radical (unpaired) electrons. The van der Waals surface area contributed by atoms with Crippen LogP contribution in [0, 0.1) is 5.92 Å². The molecule has 0 aromatic rings. The fourth-order valence-electron chi connectivity index (χ4n) is 3.23. The van der Waals surface area contributed by atoms with Gasteiger partial charge in [-0.15, -0.1) is 11.6 Å². The first-order valence-electron chi connectivity index (χ1n) is 7.69. The van der Waals surface area contributed by atoms with Gasteiger partial charge in [-0.25, -0.2) is 0 Å². The largest absolute Gasteiger partial charge is 0.381 e. The molecule has 3 nitrogen and oxygen atoms in total. The van der Waals surface area contributed by atoms with E-state index in [0.29, 0.717) is 31.4 Å². The van der Waals surface area contributed by atoms with Gasteiger partial charge in [-0.3, -0.25) is 4.79 Å². The molecule has 1 heterocycles. The van der Waals surface area contributed by atoms with Crippen molar-refractivity contribution in [3.05, 3.63) is 0 Å². The Bertz CT molecular complexity index is 282. The average Bonchev–Trinajstić information content (AvgIpc) is 2.68. The molecule has 0 aromatic carbocycles. The molecule has 0 aromatic heterocycles. The molecular formula is C15H26ClNO2. The van der Waals surface area contributed by atoms with Gasteiger partial charge in [0.15, 0.2) is 0 Å². The third-order valence-electron chi connectivity index (χ3n) is 4.56. The molecule has 0 atom stereocenters. The van der Waals surface area contributed by atoms with E-state index in [1.807, 2.05) is 0 Å². The van der Waals surface area contributed by atoms with Crippen LogP contribution in [0.4, 0.5) is 0 Å². The minimum absolute atomic E-state index is 0.189. The van der Waals surface area contributed by atoms with Crippen molar-refractivity contribution in [3.8, 4) is 0 Å². The molecule has 2 rings (SSSR count). The van der Waals surface area contributed by atoms with E-state index in [1.165, 1.54) is 38.5 Å². The van der Waals surface area contributed by atoms with Gasteiger partial charge in [-0.1, -0.05) is 25.7 Å². The van der Waals surface area contributed by atoms with Gasteiger partial charge in [0.05, 0.1) is 5.54 Å². The van der Waals surface area contributed by atoms with Crippen LogP contribution in [0.15, 0.2) is 0 Å². The van der Waals surface area contributed by atoms with Crippen LogP contribution in [0.2, 0.25) is 0 Å². The lowest BCUT2D eigenvalue weighted by Crippen LogP contribution is -2.53. The first-order valence-corrected chi connectivity index (χ1v) is 8.22. The van der Waals surface area contributed by atoms with Crippen molar-refractivity contribution >= 4 is 17.5 Å². The summed E-state index contributed by atoms with van der Waals surface area (Å²) < 4.78 is 5.36. The van der Waals surface area contributed by atoms with Crippen LogP contribution in [0.5, 0.6) is 0 Å². The highest BCUT2D eigenvalue weighted by Gasteiger charge is 2.33. The number of carbonyl (C=O) groups excluding carboxylic acids is 1. The van der Waals surface area contributed by atoms with E-state index in [2.05, 4.69) is 5.32 Å². The number of ether oxygens (including phenoxy) is 1. The highest BCUT2D eigenvalue weighted by atomic mass is 35.5. The molecule has 1 amide bonds. The van der Waals surface area contributed by atoms with Gasteiger partial charge < -0.3 is 10.1 Å². The number of amides is 1. The number of halogens is 1. The van der Waals surface area contributed by atoms with Crippen LogP contribution in [-0.2, 0) is 9.53 Å². The van der Waals surface area contributed by atoms with E-state index in [0.717, 1.165) is 12.8 Å². The molecule has 110 valence electrons. The number of hydrogen-bond donors (Lipinski definition) is 1. The van der Waals surface area contributed by atoms with Crippen molar-refractivity contribution in [3.63, 3.8) is 0 Å². The van der Waals surface area contributed by atoms with Crippen molar-refractivity contribution in [2.75, 3.05) is 19.1 Å². The maximum atomic E-state index is 12.2. The molecule has 0 bridgehead atoms. The van der Waals surface area contributed by atoms with Crippen LogP contribution in [-0.4, -0.2) is 30.5 Å². The third kappa shape index (κ3) is 4.64. The van der Waals surface area contributed by atoms with Gasteiger partial charge >= 0.3 is 0 Å². The lowest BCUT2D eigenvalue weighted by Gasteiger charge is -2.36. The van der Waals surface area contributed by atoms with Crippen LogP contribution in [0.1, 0.15) is 57.8 Å². The minimum Gasteiger partial charge on any atom is -0.381 e. The van der Waals surface area contributed by atoms with Crippen molar-refractivity contribution in [2.24, 2.45) is 5.92 Å². The van der Waals surface area contributed by atoms with E-state index >= 15 is 0 Å². The van der Waals surface area contributed by atoms with Crippen molar-refractivity contribution in [2.45, 2.75) is 63.3 Å². The number of carbonyl (C=O) groups is 1. The Morgan fingerprint density at radius 2 is 1.79 bits per heavy atom. The summed E-state index contributed by atoms with van der Waals surface area (Å²) in [5.74, 6) is 1.26. The number of nitrogens with one attached hydrogen (secondary N) is 1. The molecular weight excluding hydrogens is 262 g/mol. The molecule has 1 aliphatic heterocycles. The van der Waals surface area contributed by atoms with Crippen LogP contribution < -0.4 is 5.32 Å². The predicted molar refractivity (Wildman–Crippen MR) is 77.5 cm³/mol. The van der Waals surface area contributed by atoms with Gasteiger partial charge in [-0.2, -0.15) is 0 Å². The third-order valence-corrected chi connectivity index (χ3v) is 5.07. The van der Waals surface area contributed by atoms with Gasteiger partial charge in [0.2, 0.25) is 5.91 Å². The second-order valence-electron chi connectivity index (χ2n) is 6.14. The van der Waals surface area contributed by atoms with E-state index in [9.17, 15) is 4.79 Å². The number of hydrogen-bond acceptors (Lipinski definition) is 2. The summed E-state index contributed by atoms with van der Waals surface area (Å²) in [6.07, 6.45) is 10.0. The summed E-state index contributed by atoms with van der Waals surface area (Å²) >= 11 is 6.08. The topological polar surface area (TPSA) is 38.3 Å². The molecule has 1 N–H and O–H groups in total. The molecule has 1 saturated carbocycles. The van der Waals surface area contributed by atoms with Gasteiger partial charge in [-0.05, 0) is 31.6 Å². The monoisotopic (exact) mass is 287 g/mol. The summed E-state index contributed by atoms with van der Waals surface area (Å²) in [6.45, 7) is 1.41. The van der Waals surface area contributed by atoms with Crippen LogP contribution in [0.3, 0.4) is 0 Å². The summed E-state index contributed by atoms with van der Waals surface area (Å²) in [5.41, 5.74) is -0.221. The fourth-order valence-corrected chi connectivity index (χ4v) is 3.57. The first-order chi connectivity index (χ1) is 9.24. The van der Waals surface area contributed by atoms with E-state index in [4.69, 9.17) is 16.3 Å². The zero-order valence-corrected chi connectivity index (χ0v) is 12.5. The highest BCUT2D eigenvalue weighted by Crippen LogP contribution is 2.27. The maximum Gasteiger partial charge on any atom is 0.220 e. The maximum absolute atomic E-state index is 12.2. The van der Waals surface area contributed by atoms with Gasteiger partial charge in [0, 0.05) is 25.5 Å². The first kappa shape index (κ1) is 15.1. The molecule has 0 spiro atoms. The van der Waals surface area contributed by atoms with Crippen molar-refractivity contribution < 1.29 is 9.53 Å². The second-order valence-corrected chi connectivity index (χ2v) is 6.40. The Hall–Kier alpha value is -0.280. The summed E-state index contributed by atoms with van der Waals surface area (Å²) in [4.78, 5) is 12.2. The Kier molecular flexibility index (Phi) is 5.96. The summed E-state index contributed by atoms with van der Waals surface area (Å²) in [6, 6.07) is 0. The van der Waals surface area contributed by atoms with Crippen LogP contribution in [0.25, 0.3) is 0 Å². The highest BCUT2D eigenvalue weighted by molar-refractivity contribution is 6.18. The predicted octanol–water partition coefficient (Wildman–Crippen LogP) is 3.25. The number of alkyl halides is 1. The molecule has 19 heavy (non-hydrogen) atoms. The molecule has 1 aliphatic carbocycles. The standard InChI is InChI=1S/C15H26ClNO2/c16-12-15(7-9-19-10-8-15)17-14(18)11-13-5-3-1-2-4-6-13/h13H,1-12H2,(H,17,18). The Balaban J connectivity index is 1.81. The smallest absolute Gasteiger partial charge is 0.220 e. The Morgan fingerprint density at radius 3 is 2.37 bits per heavy atom. The Morgan fingerprint density at radius 1 is 1.16 bits per heavy atom. The second kappa shape index (κ2) is 7.49. The molecule has 2 aliphatic rings. The average molecular weight is 288 g/mol. The SMILES string of the molecule is O=C(CC1CCCCCC1)NC1(CCl)CCOCC1. The quantitative estimate of drug-likeness (QED) is 0.637. The van der Waals surface area contributed by atoms with E-state index in [1.54, 1.807) is 0 Å². The minimum atomic E-state index is -0.221. The summed E-state index contributed by atoms with van der Waals surface area (Å²) in [5, 5.41) is 3.20. The normalized spacial score (nSPS) is 24.7. The molecule has 4 heteroatoms. The fraction of sp³-hybridized carbons (Fsp3) is 0.933. The lowest BCUT2D eigenvalue weighted by atomic mass is 9.90. The number of rotatable bonds is 4. The van der Waals surface area contributed by atoms with E-state index < -0.39 is 0 Å². The van der Waals surface area contributed by atoms with Crippen molar-refractivity contribution in [1.29, 1.82) is 0 Å². The lowest BCUT2D eigenvalue weighted by molar-refractivity contribution is -0.124. The summed E-state index contributed by atoms with van der Waals surface area (Å²) in [7, 11) is 0.